The lowest BCUT2D eigenvalue weighted by molar-refractivity contribution is 0.1000. The molecule has 3 N–H and O–H groups in total. The first-order valence-electron chi connectivity index (χ1n) is 7.17. The van der Waals surface area contributed by atoms with E-state index in [9.17, 15) is 4.79 Å². The van der Waals surface area contributed by atoms with E-state index in [2.05, 4.69) is 15.0 Å². The van der Waals surface area contributed by atoms with Gasteiger partial charge in [-0.15, -0.1) is 0 Å². The number of rotatable bonds is 5. The van der Waals surface area contributed by atoms with Crippen molar-refractivity contribution in [1.82, 2.24) is 15.0 Å². The van der Waals surface area contributed by atoms with Gasteiger partial charge in [0.2, 0.25) is 5.91 Å². The van der Waals surface area contributed by atoms with E-state index in [1.807, 2.05) is 24.3 Å². The Morgan fingerprint density at radius 1 is 1.17 bits per heavy atom. The summed E-state index contributed by atoms with van der Waals surface area (Å²) in [5.41, 5.74) is 8.18. The molecule has 0 bridgehead atoms. The summed E-state index contributed by atoms with van der Waals surface area (Å²) in [4.78, 5) is 23.0. The van der Waals surface area contributed by atoms with Gasteiger partial charge < -0.3 is 10.7 Å². The number of amides is 1. The summed E-state index contributed by atoms with van der Waals surface area (Å²) in [5.74, 6) is 0.360. The molecule has 0 aliphatic carbocycles. The first kappa shape index (κ1) is 15.2. The molecule has 0 aliphatic heterocycles. The number of halogens is 1. The maximum Gasteiger partial charge on any atom is 0.248 e. The number of aryl methyl sites for hydroxylation is 2. The monoisotopic (exact) mass is 326 g/mol. The smallest absolute Gasteiger partial charge is 0.248 e. The Bertz CT molecular complexity index is 844. The second kappa shape index (κ2) is 6.62. The Morgan fingerprint density at radius 2 is 2.00 bits per heavy atom. The summed E-state index contributed by atoms with van der Waals surface area (Å²) in [7, 11) is 0. The van der Waals surface area contributed by atoms with Crippen LogP contribution < -0.4 is 5.73 Å². The average molecular weight is 327 g/mol. The lowest BCUT2D eigenvalue weighted by Gasteiger charge is -2.02. The van der Waals surface area contributed by atoms with Crippen LogP contribution in [0.15, 0.2) is 48.8 Å². The van der Waals surface area contributed by atoms with Crippen molar-refractivity contribution in [2.45, 2.75) is 12.8 Å². The molecule has 2 heterocycles. The minimum absolute atomic E-state index is 0.419. The highest BCUT2D eigenvalue weighted by Gasteiger charge is 2.08. The predicted octanol–water partition coefficient (Wildman–Crippen LogP) is 3.01. The lowest BCUT2D eigenvalue weighted by atomic mass is 10.1. The highest BCUT2D eigenvalue weighted by molar-refractivity contribution is 6.31. The molecule has 2 aromatic heterocycles. The molecule has 0 unspecified atom stereocenters. The second-order valence-corrected chi connectivity index (χ2v) is 5.54. The van der Waals surface area contributed by atoms with Gasteiger partial charge in [-0.05, 0) is 30.2 Å². The number of aromatic nitrogens is 3. The first-order chi connectivity index (χ1) is 11.1. The number of nitrogens with one attached hydrogen (secondary N) is 1. The van der Waals surface area contributed by atoms with Crippen LogP contribution in [0, 0.1) is 0 Å². The highest BCUT2D eigenvalue weighted by atomic mass is 35.5. The fraction of sp³-hybridized carbons (Fsp3) is 0.118. The Morgan fingerprint density at radius 3 is 2.78 bits per heavy atom. The fourth-order valence-corrected chi connectivity index (χ4v) is 2.54. The number of primary amides is 1. The van der Waals surface area contributed by atoms with Gasteiger partial charge in [-0.3, -0.25) is 9.78 Å². The third-order valence-corrected chi connectivity index (χ3v) is 3.91. The standard InChI is InChI=1S/C17H15ClN4O/c18-13-4-2-1-3-11(13)5-6-16-21-10-15(22-16)14-9-12(17(19)23)7-8-20-14/h1-4,7-10H,5-6H2,(H2,19,23)(H,21,22). The number of aromatic amines is 1. The van der Waals surface area contributed by atoms with Crippen LogP contribution in [0.5, 0.6) is 0 Å². The van der Waals surface area contributed by atoms with Gasteiger partial charge in [-0.1, -0.05) is 29.8 Å². The van der Waals surface area contributed by atoms with Crippen LogP contribution in [0.1, 0.15) is 21.7 Å². The van der Waals surface area contributed by atoms with Crippen molar-refractivity contribution in [1.29, 1.82) is 0 Å². The van der Waals surface area contributed by atoms with Crippen molar-refractivity contribution in [2.24, 2.45) is 5.73 Å². The summed E-state index contributed by atoms with van der Waals surface area (Å²) < 4.78 is 0. The van der Waals surface area contributed by atoms with Gasteiger partial charge in [-0.25, -0.2) is 4.98 Å². The molecule has 6 heteroatoms. The van der Waals surface area contributed by atoms with Gasteiger partial charge in [0.15, 0.2) is 0 Å². The van der Waals surface area contributed by atoms with E-state index in [1.54, 1.807) is 24.5 Å². The number of imidazole rings is 1. The van der Waals surface area contributed by atoms with Crippen molar-refractivity contribution in [3.8, 4) is 11.4 Å². The van der Waals surface area contributed by atoms with E-state index in [1.165, 1.54) is 0 Å². The minimum Gasteiger partial charge on any atom is -0.366 e. The Hall–Kier alpha value is -2.66. The molecular weight excluding hydrogens is 312 g/mol. The van der Waals surface area contributed by atoms with Crippen LogP contribution in [0.4, 0.5) is 0 Å². The Kier molecular flexibility index (Phi) is 4.39. The van der Waals surface area contributed by atoms with Crippen LogP contribution >= 0.6 is 11.6 Å². The summed E-state index contributed by atoms with van der Waals surface area (Å²) in [5, 5.41) is 0.759. The molecule has 0 saturated heterocycles. The summed E-state index contributed by atoms with van der Waals surface area (Å²) >= 11 is 6.15. The number of hydrogen-bond acceptors (Lipinski definition) is 3. The van der Waals surface area contributed by atoms with Crippen LogP contribution in [-0.4, -0.2) is 20.9 Å². The SMILES string of the molecule is NC(=O)c1ccnc(-c2cnc(CCc3ccccc3Cl)[nH]2)c1. The van der Waals surface area contributed by atoms with Crippen LogP contribution in [-0.2, 0) is 12.8 Å². The molecule has 0 aliphatic rings. The number of hydrogen-bond donors (Lipinski definition) is 2. The zero-order chi connectivity index (χ0) is 16.2. The normalized spacial score (nSPS) is 10.7. The van der Waals surface area contributed by atoms with Gasteiger partial charge in [0.1, 0.15) is 5.82 Å². The van der Waals surface area contributed by atoms with Gasteiger partial charge in [-0.2, -0.15) is 0 Å². The number of carbonyl (C=O) groups is 1. The number of nitrogens with zero attached hydrogens (tertiary/aromatic N) is 2. The second-order valence-electron chi connectivity index (χ2n) is 5.13. The molecule has 0 radical (unpaired) electrons. The molecule has 5 nitrogen and oxygen atoms in total. The highest BCUT2D eigenvalue weighted by Crippen LogP contribution is 2.19. The molecule has 1 amide bonds. The first-order valence-corrected chi connectivity index (χ1v) is 7.55. The number of benzene rings is 1. The number of nitrogens with two attached hydrogens (primary N) is 1. The van der Waals surface area contributed by atoms with Gasteiger partial charge >= 0.3 is 0 Å². The van der Waals surface area contributed by atoms with Gasteiger partial charge in [0, 0.05) is 23.2 Å². The van der Waals surface area contributed by atoms with Crippen LogP contribution in [0.2, 0.25) is 5.02 Å². The summed E-state index contributed by atoms with van der Waals surface area (Å²) in [6.45, 7) is 0. The van der Waals surface area contributed by atoms with Crippen molar-refractivity contribution < 1.29 is 4.79 Å². The largest absolute Gasteiger partial charge is 0.366 e. The Balaban J connectivity index is 1.74. The van der Waals surface area contributed by atoms with E-state index >= 15 is 0 Å². The molecule has 1 aromatic carbocycles. The molecule has 0 atom stereocenters. The molecule has 0 fully saturated rings. The van der Waals surface area contributed by atoms with Crippen molar-refractivity contribution in [3.05, 3.63) is 70.8 Å². The van der Waals surface area contributed by atoms with E-state index < -0.39 is 5.91 Å². The van der Waals surface area contributed by atoms with Crippen molar-refractivity contribution >= 4 is 17.5 Å². The molecule has 3 rings (SSSR count). The van der Waals surface area contributed by atoms with E-state index in [-0.39, 0.29) is 0 Å². The molecule has 0 spiro atoms. The molecular formula is C17H15ClN4O. The third-order valence-electron chi connectivity index (χ3n) is 3.54. The van der Waals surface area contributed by atoms with Crippen molar-refractivity contribution in [2.75, 3.05) is 0 Å². The molecule has 0 saturated carbocycles. The molecule has 116 valence electrons. The number of pyridine rings is 1. The van der Waals surface area contributed by atoms with E-state index in [0.29, 0.717) is 11.3 Å². The lowest BCUT2D eigenvalue weighted by Crippen LogP contribution is -2.11. The fourth-order valence-electron chi connectivity index (χ4n) is 2.31. The van der Waals surface area contributed by atoms with Crippen LogP contribution in [0.25, 0.3) is 11.4 Å². The quantitative estimate of drug-likeness (QED) is 0.755. The molecule has 3 aromatic rings. The zero-order valence-electron chi connectivity index (χ0n) is 12.3. The number of H-pyrrole nitrogens is 1. The summed E-state index contributed by atoms with van der Waals surface area (Å²) in [6, 6.07) is 11.0. The van der Waals surface area contributed by atoms with E-state index in [0.717, 1.165) is 34.9 Å². The topological polar surface area (TPSA) is 84.7 Å². The summed E-state index contributed by atoms with van der Waals surface area (Å²) in [6.07, 6.45) is 4.79. The third kappa shape index (κ3) is 3.57. The number of carbonyl (C=O) groups excluding carboxylic acids is 1. The minimum atomic E-state index is -0.480. The average Bonchev–Trinajstić information content (AvgIpc) is 3.03. The van der Waals surface area contributed by atoms with E-state index in [4.69, 9.17) is 17.3 Å². The van der Waals surface area contributed by atoms with Gasteiger partial charge in [0.25, 0.3) is 0 Å². The zero-order valence-corrected chi connectivity index (χ0v) is 13.0. The predicted molar refractivity (Wildman–Crippen MR) is 89.2 cm³/mol. The molecule has 23 heavy (non-hydrogen) atoms. The van der Waals surface area contributed by atoms with Crippen molar-refractivity contribution in [3.63, 3.8) is 0 Å². The maximum absolute atomic E-state index is 11.2. The van der Waals surface area contributed by atoms with Gasteiger partial charge in [0.05, 0.1) is 17.6 Å². The maximum atomic E-state index is 11.2. The van der Waals surface area contributed by atoms with Crippen LogP contribution in [0.3, 0.4) is 0 Å². The Labute approximate surface area is 138 Å².